The van der Waals surface area contributed by atoms with Gasteiger partial charge in [-0.25, -0.2) is 4.98 Å². The Labute approximate surface area is 90.9 Å². The summed E-state index contributed by atoms with van der Waals surface area (Å²) >= 11 is 0. The second-order valence-corrected chi connectivity index (χ2v) is 3.31. The number of aromatic nitrogens is 1. The SMILES string of the molecule is CCN(CCCO)c1ccnc(NC)c1. The molecule has 0 saturated carbocycles. The van der Waals surface area contributed by atoms with Crippen LogP contribution in [-0.4, -0.2) is 36.8 Å². The molecular formula is C11H19N3O. The zero-order valence-corrected chi connectivity index (χ0v) is 9.40. The minimum Gasteiger partial charge on any atom is -0.396 e. The van der Waals surface area contributed by atoms with Crippen LogP contribution in [0.5, 0.6) is 0 Å². The van der Waals surface area contributed by atoms with Crippen LogP contribution >= 0.6 is 0 Å². The van der Waals surface area contributed by atoms with Crippen molar-refractivity contribution in [3.05, 3.63) is 18.3 Å². The molecule has 84 valence electrons. The molecule has 0 saturated heterocycles. The molecule has 0 aliphatic carbocycles. The molecule has 1 heterocycles. The number of nitrogens with one attached hydrogen (secondary N) is 1. The maximum Gasteiger partial charge on any atom is 0.127 e. The number of hydrogen-bond donors (Lipinski definition) is 2. The van der Waals surface area contributed by atoms with Crippen molar-refractivity contribution in [2.45, 2.75) is 13.3 Å². The lowest BCUT2D eigenvalue weighted by atomic mass is 10.3. The van der Waals surface area contributed by atoms with Crippen LogP contribution in [0.25, 0.3) is 0 Å². The Morgan fingerprint density at radius 1 is 1.53 bits per heavy atom. The number of pyridine rings is 1. The summed E-state index contributed by atoms with van der Waals surface area (Å²) < 4.78 is 0. The maximum atomic E-state index is 8.81. The summed E-state index contributed by atoms with van der Waals surface area (Å²) in [4.78, 5) is 6.39. The van der Waals surface area contributed by atoms with E-state index < -0.39 is 0 Å². The average Bonchev–Trinajstić information content (AvgIpc) is 2.30. The van der Waals surface area contributed by atoms with Gasteiger partial charge in [-0.3, -0.25) is 0 Å². The zero-order chi connectivity index (χ0) is 11.1. The molecule has 4 heteroatoms. The molecule has 0 unspecified atom stereocenters. The highest BCUT2D eigenvalue weighted by Crippen LogP contribution is 2.16. The Morgan fingerprint density at radius 2 is 2.33 bits per heavy atom. The predicted molar refractivity (Wildman–Crippen MR) is 63.4 cm³/mol. The second kappa shape index (κ2) is 6.24. The molecule has 4 nitrogen and oxygen atoms in total. The maximum absolute atomic E-state index is 8.81. The Morgan fingerprint density at radius 3 is 2.93 bits per heavy atom. The first-order valence-electron chi connectivity index (χ1n) is 5.31. The third-order valence-corrected chi connectivity index (χ3v) is 2.33. The number of rotatable bonds is 6. The first-order chi connectivity index (χ1) is 7.31. The Hall–Kier alpha value is -1.29. The van der Waals surface area contributed by atoms with Crippen LogP contribution in [0.15, 0.2) is 18.3 Å². The standard InChI is InChI=1S/C11H19N3O/c1-3-14(7-4-8-15)10-5-6-13-11(9-10)12-2/h5-6,9,15H,3-4,7-8H2,1-2H3,(H,12,13). The van der Waals surface area contributed by atoms with Gasteiger partial charge in [-0.1, -0.05) is 0 Å². The van der Waals surface area contributed by atoms with Gasteiger partial charge >= 0.3 is 0 Å². The third kappa shape index (κ3) is 3.40. The second-order valence-electron chi connectivity index (χ2n) is 3.31. The summed E-state index contributed by atoms with van der Waals surface area (Å²) in [6, 6.07) is 4.00. The van der Waals surface area contributed by atoms with Crippen molar-refractivity contribution in [1.29, 1.82) is 0 Å². The molecule has 1 aromatic rings. The van der Waals surface area contributed by atoms with Gasteiger partial charge in [-0.05, 0) is 19.4 Å². The summed E-state index contributed by atoms with van der Waals surface area (Å²) in [6.45, 7) is 4.16. The van der Waals surface area contributed by atoms with Gasteiger partial charge in [0, 0.05) is 44.7 Å². The largest absolute Gasteiger partial charge is 0.396 e. The fourth-order valence-corrected chi connectivity index (χ4v) is 1.48. The van der Waals surface area contributed by atoms with Crippen LogP contribution in [0.1, 0.15) is 13.3 Å². The monoisotopic (exact) mass is 209 g/mol. The normalized spacial score (nSPS) is 10.1. The van der Waals surface area contributed by atoms with E-state index in [1.165, 1.54) is 0 Å². The molecule has 0 aromatic carbocycles. The van der Waals surface area contributed by atoms with Crippen LogP contribution in [-0.2, 0) is 0 Å². The van der Waals surface area contributed by atoms with Crippen LogP contribution in [0.4, 0.5) is 11.5 Å². The first kappa shape index (κ1) is 11.8. The number of hydrogen-bond acceptors (Lipinski definition) is 4. The van der Waals surface area contributed by atoms with Gasteiger partial charge in [0.1, 0.15) is 5.82 Å². The van der Waals surface area contributed by atoms with Crippen molar-refractivity contribution in [2.75, 3.05) is 37.0 Å². The van der Waals surface area contributed by atoms with E-state index in [1.54, 1.807) is 6.20 Å². The highest BCUT2D eigenvalue weighted by Gasteiger charge is 2.04. The highest BCUT2D eigenvalue weighted by molar-refractivity contribution is 5.53. The van der Waals surface area contributed by atoms with E-state index >= 15 is 0 Å². The molecule has 15 heavy (non-hydrogen) atoms. The van der Waals surface area contributed by atoms with Crippen LogP contribution in [0.2, 0.25) is 0 Å². The summed E-state index contributed by atoms with van der Waals surface area (Å²) in [6.07, 6.45) is 2.59. The number of anilines is 2. The van der Waals surface area contributed by atoms with Gasteiger partial charge in [0.15, 0.2) is 0 Å². The Bertz CT molecular complexity index is 291. The van der Waals surface area contributed by atoms with Gasteiger partial charge in [-0.2, -0.15) is 0 Å². The van der Waals surface area contributed by atoms with E-state index in [0.29, 0.717) is 0 Å². The Balaban J connectivity index is 2.72. The third-order valence-electron chi connectivity index (χ3n) is 2.33. The molecule has 2 N–H and O–H groups in total. The molecule has 0 spiro atoms. The molecule has 0 amide bonds. The smallest absolute Gasteiger partial charge is 0.127 e. The van der Waals surface area contributed by atoms with Crippen molar-refractivity contribution < 1.29 is 5.11 Å². The van der Waals surface area contributed by atoms with E-state index in [4.69, 9.17) is 5.11 Å². The molecule has 0 bridgehead atoms. The highest BCUT2D eigenvalue weighted by atomic mass is 16.3. The lowest BCUT2D eigenvalue weighted by Gasteiger charge is -2.22. The molecule has 0 aliphatic rings. The summed E-state index contributed by atoms with van der Waals surface area (Å²) in [5, 5.41) is 11.8. The Kier molecular flexibility index (Phi) is 4.90. The molecule has 0 atom stereocenters. The van der Waals surface area contributed by atoms with Crippen molar-refractivity contribution in [1.82, 2.24) is 4.98 Å². The average molecular weight is 209 g/mol. The van der Waals surface area contributed by atoms with E-state index in [2.05, 4.69) is 22.1 Å². The molecular weight excluding hydrogens is 190 g/mol. The molecule has 0 aliphatic heterocycles. The first-order valence-corrected chi connectivity index (χ1v) is 5.31. The fraction of sp³-hybridized carbons (Fsp3) is 0.545. The predicted octanol–water partition coefficient (Wildman–Crippen LogP) is 1.33. The van der Waals surface area contributed by atoms with Crippen molar-refractivity contribution >= 4 is 11.5 Å². The fourth-order valence-electron chi connectivity index (χ4n) is 1.48. The zero-order valence-electron chi connectivity index (χ0n) is 9.40. The lowest BCUT2D eigenvalue weighted by Crippen LogP contribution is -2.24. The number of aliphatic hydroxyl groups excluding tert-OH is 1. The number of aliphatic hydroxyl groups is 1. The van der Waals surface area contributed by atoms with Gasteiger partial charge in [0.05, 0.1) is 0 Å². The van der Waals surface area contributed by atoms with E-state index in [-0.39, 0.29) is 6.61 Å². The lowest BCUT2D eigenvalue weighted by molar-refractivity contribution is 0.289. The number of nitrogens with zero attached hydrogens (tertiary/aromatic N) is 2. The summed E-state index contributed by atoms with van der Waals surface area (Å²) in [5.41, 5.74) is 1.14. The van der Waals surface area contributed by atoms with Crippen LogP contribution in [0.3, 0.4) is 0 Å². The van der Waals surface area contributed by atoms with E-state index in [1.807, 2.05) is 19.2 Å². The van der Waals surface area contributed by atoms with Crippen molar-refractivity contribution in [2.24, 2.45) is 0 Å². The van der Waals surface area contributed by atoms with Gasteiger partial charge in [0.25, 0.3) is 0 Å². The molecule has 1 rings (SSSR count). The van der Waals surface area contributed by atoms with E-state index in [0.717, 1.165) is 31.0 Å². The van der Waals surface area contributed by atoms with Crippen molar-refractivity contribution in [3.8, 4) is 0 Å². The van der Waals surface area contributed by atoms with Gasteiger partial charge in [-0.15, -0.1) is 0 Å². The van der Waals surface area contributed by atoms with Crippen LogP contribution in [0, 0.1) is 0 Å². The summed E-state index contributed by atoms with van der Waals surface area (Å²) in [7, 11) is 1.86. The van der Waals surface area contributed by atoms with Gasteiger partial charge < -0.3 is 15.3 Å². The van der Waals surface area contributed by atoms with E-state index in [9.17, 15) is 0 Å². The quantitative estimate of drug-likeness (QED) is 0.742. The van der Waals surface area contributed by atoms with Gasteiger partial charge in [0.2, 0.25) is 0 Å². The minimum absolute atomic E-state index is 0.237. The molecule has 0 fully saturated rings. The molecule has 1 aromatic heterocycles. The molecule has 0 radical (unpaired) electrons. The topological polar surface area (TPSA) is 48.4 Å². The minimum atomic E-state index is 0.237. The van der Waals surface area contributed by atoms with Crippen LogP contribution < -0.4 is 10.2 Å². The summed E-state index contributed by atoms with van der Waals surface area (Å²) in [5.74, 6) is 0.870. The van der Waals surface area contributed by atoms with Crippen molar-refractivity contribution in [3.63, 3.8) is 0 Å².